The summed E-state index contributed by atoms with van der Waals surface area (Å²) in [4.78, 5) is 178. The maximum absolute atomic E-state index is 15.5. The Balaban J connectivity index is 1.18. The number of aromatic hydroxyl groups is 1. The highest BCUT2D eigenvalue weighted by atomic mass is 35.5. The van der Waals surface area contributed by atoms with Crippen LogP contribution in [0.15, 0.2) is 103 Å². The number of primary amides is 1. The van der Waals surface area contributed by atoms with Gasteiger partial charge in [-0.1, -0.05) is 91.6 Å². The van der Waals surface area contributed by atoms with Gasteiger partial charge in [0.25, 0.3) is 5.91 Å². The topological polar surface area (TPSA) is 524 Å². The molecule has 5 aromatic rings. The predicted octanol–water partition coefficient (Wildman–Crippen LogP) is -0.208. The van der Waals surface area contributed by atoms with Gasteiger partial charge in [-0.05, 0) is 123 Å². The lowest BCUT2D eigenvalue weighted by Gasteiger charge is -2.36. The molecule has 2 saturated heterocycles. The smallest absolute Gasteiger partial charge is 0.346 e. The van der Waals surface area contributed by atoms with Crippen molar-refractivity contribution >= 4 is 117 Å². The summed E-state index contributed by atoms with van der Waals surface area (Å²) in [6.07, 6.45) is -0.0500. The number of rotatable bonds is 37. The van der Waals surface area contributed by atoms with E-state index in [9.17, 15) is 48.6 Å². The summed E-state index contributed by atoms with van der Waals surface area (Å²) in [5, 5.41) is 61.6. The van der Waals surface area contributed by atoms with E-state index in [-0.39, 0.29) is 95.0 Å². The number of hydrogen-bond acceptors (Lipinski definition) is 17. The van der Waals surface area contributed by atoms with E-state index in [2.05, 4.69) is 52.8 Å². The standard InChI is InChI=1S/C71H92Cl2N18O14/c1-38(2)31-52(62(98)85-51(12-7-29-81-71(78)79)68(104)90-30-8-13-56(90)66(102)83-39(3)60(75)96)86-61(97)50(11-6-28-80-70(76)77)84-63(99)53(33-41-18-24-46(93)25-19-41)87-65(101)55(37-92)89-64(100)54(35-43-36-82-49-10-5-4-9-47(43)49)88-67(103)57(34-42-16-22-45(73)23-17-42)91(58(94)26-27-59(91)95)69(105)48(74)32-40-14-20-44(72)21-15-40/h4-5,9-10,14-25,36,38-39,48,50-57,82,92H,6-8,11-13,26-35,37,74H2,1-3H3,(H17-,75,76,77,78,79,80,81,83,84,85,86,87,88,89,93,96,97,98,99,100,101,102,103)/p+1/t39-,48+,50-,51+,52+,53+,54-,55+,56+,57+/m1/s1. The van der Waals surface area contributed by atoms with Crippen LogP contribution in [0.25, 0.3) is 10.9 Å². The number of phenolic OH excluding ortho intramolecular Hbond substituents is 1. The number of hydrogen-bond donors (Lipinski definition) is 18. The molecule has 22 N–H and O–H groups in total. The number of likely N-dealkylation sites (tertiary alicyclic amines) is 2. The van der Waals surface area contributed by atoms with Crippen molar-refractivity contribution < 1.29 is 72.2 Å². The first kappa shape index (κ1) is 81.8. The number of para-hydroxylation sites is 1. The van der Waals surface area contributed by atoms with Gasteiger partial charge in [-0.25, -0.2) is 14.4 Å². The number of fused-ring (bicyclic) bond motifs is 1. The second kappa shape index (κ2) is 38.3. The lowest BCUT2D eigenvalue weighted by molar-refractivity contribution is -0.716. The van der Waals surface area contributed by atoms with E-state index in [1.807, 2.05) is 0 Å². The molecule has 2 fully saturated rings. The molecule has 32 nitrogen and oxygen atoms in total. The molecule has 0 spiro atoms. The number of phenols is 1. The number of carbonyl (C=O) groups is 12. The molecule has 105 heavy (non-hydrogen) atoms. The van der Waals surface area contributed by atoms with Gasteiger partial charge in [0.2, 0.25) is 47.3 Å². The molecule has 0 radical (unpaired) electrons. The third-order valence-corrected chi connectivity index (χ3v) is 18.7. The molecular formula is C71H93Cl2N18O14+. The van der Waals surface area contributed by atoms with Gasteiger partial charge < -0.3 is 90.9 Å². The Labute approximate surface area is 615 Å². The third kappa shape index (κ3) is 22.5. The van der Waals surface area contributed by atoms with E-state index >= 15 is 19.2 Å². The van der Waals surface area contributed by atoms with Crippen LogP contribution in [0.2, 0.25) is 10.0 Å². The second-order valence-electron chi connectivity index (χ2n) is 26.5. The van der Waals surface area contributed by atoms with Crippen LogP contribution in [-0.2, 0) is 83.2 Å². The number of aliphatic hydroxyl groups is 1. The second-order valence-corrected chi connectivity index (χ2v) is 27.4. The summed E-state index contributed by atoms with van der Waals surface area (Å²) in [6.45, 7) is 4.00. The molecule has 0 aliphatic carbocycles. The number of halogens is 2. The van der Waals surface area contributed by atoms with Crippen molar-refractivity contribution in [2.24, 2.45) is 28.9 Å². The zero-order chi connectivity index (χ0) is 76.8. The fraction of sp³-hybridized carbons (Fsp3) is 0.437. The number of guanidine groups is 2. The summed E-state index contributed by atoms with van der Waals surface area (Å²) < 4.78 is -1.65. The number of nitrogens with two attached hydrogens (primary N) is 4. The number of carbonyl (C=O) groups excluding carboxylic acids is 12. The Morgan fingerprint density at radius 1 is 0.600 bits per heavy atom. The third-order valence-electron chi connectivity index (χ3n) is 18.2. The lowest BCUT2D eigenvalue weighted by Crippen LogP contribution is -2.71. The van der Waals surface area contributed by atoms with Gasteiger partial charge >= 0.3 is 17.7 Å². The Morgan fingerprint density at radius 2 is 1.08 bits per heavy atom. The average molecular weight is 1490 g/mol. The van der Waals surface area contributed by atoms with Crippen LogP contribution in [0, 0.1) is 16.7 Å². The van der Waals surface area contributed by atoms with Crippen LogP contribution in [-0.4, -0.2) is 194 Å². The molecule has 0 saturated carbocycles. The minimum absolute atomic E-state index is 0.00804. The average Bonchev–Trinajstić information content (AvgIpc) is 1.65. The Bertz CT molecular complexity index is 3980. The van der Waals surface area contributed by atoms with E-state index in [1.165, 1.54) is 60.4 Å². The van der Waals surface area contributed by atoms with Gasteiger partial charge in [0.15, 0.2) is 18.0 Å². The molecule has 564 valence electrons. The number of nitrogens with one attached hydrogen (secondary N) is 12. The number of amides is 12. The highest BCUT2D eigenvalue weighted by Crippen LogP contribution is 2.33. The van der Waals surface area contributed by atoms with E-state index in [4.69, 9.17) is 57.0 Å². The van der Waals surface area contributed by atoms with E-state index in [0.717, 1.165) is 0 Å². The highest BCUT2D eigenvalue weighted by molar-refractivity contribution is 6.30. The lowest BCUT2D eigenvalue weighted by atomic mass is 9.97. The van der Waals surface area contributed by atoms with Crippen LogP contribution < -0.4 is 70.8 Å². The molecule has 3 heterocycles. The number of H-pyrrole nitrogens is 1. The number of benzene rings is 4. The Hall–Kier alpha value is -10.5. The molecule has 2 aliphatic rings. The van der Waals surface area contributed by atoms with Crippen molar-refractivity contribution in [2.45, 2.75) is 165 Å². The van der Waals surface area contributed by atoms with Crippen LogP contribution >= 0.6 is 23.2 Å². The number of aromatic nitrogens is 1. The minimum Gasteiger partial charge on any atom is -0.508 e. The summed E-state index contributed by atoms with van der Waals surface area (Å²) in [6, 6.07) is 9.76. The first-order valence-corrected chi connectivity index (χ1v) is 35.2. The molecule has 2 aliphatic heterocycles. The highest BCUT2D eigenvalue weighted by Gasteiger charge is 2.64. The number of imide groups is 3. The van der Waals surface area contributed by atoms with Gasteiger partial charge in [-0.15, -0.1) is 4.48 Å². The number of aromatic amines is 1. The number of aliphatic hydroxyl groups excluding tert-OH is 1. The SMILES string of the molecule is CC(C)C[C@H](NC(=O)[C@@H](CCCNC(=N)N)NC(=O)[C@H](Cc1ccc(O)cc1)NC(=O)[C@H](CO)NC(=O)[C@@H](Cc1c[nH]c2ccccc12)NC(=O)[C@H](Cc1ccc(Cl)cc1)[N+]1(C(=O)[C@@H](N)Cc2ccc(Cl)cc2)C(=O)CCC1=O)C(=O)N[C@@H](CCCNC(=N)N)C(=O)N1CCC[C@H]1C(=O)N[C@H](C)C(N)=O. The van der Waals surface area contributed by atoms with E-state index in [1.54, 1.807) is 68.6 Å². The normalized spacial score (nSPS) is 16.6. The molecule has 12 amide bonds. The maximum atomic E-state index is 15.5. The van der Waals surface area contributed by atoms with Crippen molar-refractivity contribution in [2.75, 3.05) is 26.2 Å². The van der Waals surface area contributed by atoms with E-state index in [0.29, 0.717) is 49.6 Å². The van der Waals surface area contributed by atoms with Crippen LogP contribution in [0.3, 0.4) is 0 Å². The van der Waals surface area contributed by atoms with Crippen LogP contribution in [0.1, 0.15) is 101 Å². The van der Waals surface area contributed by atoms with E-state index < -0.39 is 168 Å². The van der Waals surface area contributed by atoms with Gasteiger partial charge in [-0.2, -0.15) is 0 Å². The van der Waals surface area contributed by atoms with Crippen molar-refractivity contribution in [3.8, 4) is 5.75 Å². The van der Waals surface area contributed by atoms with Crippen molar-refractivity contribution in [3.05, 3.63) is 136 Å². The quantitative estimate of drug-likeness (QED) is 0.00804. The molecule has 4 aromatic carbocycles. The largest absolute Gasteiger partial charge is 0.508 e. The first-order valence-electron chi connectivity index (χ1n) is 34.5. The van der Waals surface area contributed by atoms with Gasteiger partial charge in [0.05, 0.1) is 19.4 Å². The van der Waals surface area contributed by atoms with Gasteiger partial charge in [0.1, 0.15) is 60.1 Å². The van der Waals surface area contributed by atoms with Crippen LogP contribution in [0.5, 0.6) is 5.75 Å². The maximum Gasteiger partial charge on any atom is 0.346 e. The van der Waals surface area contributed by atoms with Crippen LogP contribution in [0.4, 0.5) is 0 Å². The first-order chi connectivity index (χ1) is 49.9. The number of nitrogens with zero attached hydrogens (tertiary/aromatic N) is 2. The molecule has 0 unspecified atom stereocenters. The molecule has 7 rings (SSSR count). The van der Waals surface area contributed by atoms with Gasteiger partial charge in [0, 0.05) is 72.5 Å². The zero-order valence-electron chi connectivity index (χ0n) is 58.4. The fourth-order valence-corrected chi connectivity index (χ4v) is 13.0. The van der Waals surface area contributed by atoms with Gasteiger partial charge in [-0.3, -0.25) is 54.0 Å². The molecule has 0 bridgehead atoms. The number of quaternary nitrogens is 1. The van der Waals surface area contributed by atoms with Crippen molar-refractivity contribution in [1.29, 1.82) is 10.8 Å². The summed E-state index contributed by atoms with van der Waals surface area (Å²) >= 11 is 12.4. The molecule has 10 atom stereocenters. The summed E-state index contributed by atoms with van der Waals surface area (Å²) in [5.41, 5.74) is 25.4. The minimum atomic E-state index is -1.93. The Kier molecular flexibility index (Phi) is 29.8. The van der Waals surface area contributed by atoms with Crippen molar-refractivity contribution in [1.82, 2.24) is 57.7 Å². The summed E-state index contributed by atoms with van der Waals surface area (Å²) in [7, 11) is 0. The fourth-order valence-electron chi connectivity index (χ4n) is 12.7. The zero-order valence-corrected chi connectivity index (χ0v) is 60.0. The summed E-state index contributed by atoms with van der Waals surface area (Å²) in [5.74, 6) is -12.5. The predicted molar refractivity (Wildman–Crippen MR) is 388 cm³/mol. The Morgan fingerprint density at radius 3 is 1.65 bits per heavy atom. The van der Waals surface area contributed by atoms with Crippen molar-refractivity contribution in [3.63, 3.8) is 0 Å². The molecule has 34 heteroatoms. The molecule has 1 aromatic heterocycles. The monoisotopic (exact) mass is 1490 g/mol. The molecular weight excluding hydrogens is 1400 g/mol.